The lowest BCUT2D eigenvalue weighted by atomic mass is 9.88. The zero-order chi connectivity index (χ0) is 15.6. The van der Waals surface area contributed by atoms with Gasteiger partial charge in [-0.2, -0.15) is 0 Å². The van der Waals surface area contributed by atoms with Gasteiger partial charge in [0.1, 0.15) is 0 Å². The molecule has 0 spiro atoms. The molecule has 1 aromatic rings. The predicted molar refractivity (Wildman–Crippen MR) is 63.5 cm³/mol. The Hall–Kier alpha value is -2.29. The molecule has 9 heteroatoms. The fraction of sp³-hybridized carbons (Fsp3) is 0.167. The highest BCUT2D eigenvalue weighted by Gasteiger charge is 2.39. The van der Waals surface area contributed by atoms with E-state index in [0.717, 1.165) is 23.7 Å². The van der Waals surface area contributed by atoms with E-state index >= 15 is 0 Å². The number of hydrogen-bond acceptors (Lipinski definition) is 6. The minimum absolute atomic E-state index is 0.353. The van der Waals surface area contributed by atoms with Crippen molar-refractivity contribution in [3.63, 3.8) is 0 Å². The van der Waals surface area contributed by atoms with E-state index < -0.39 is 29.8 Å². The molecule has 1 N–H and O–H groups in total. The van der Waals surface area contributed by atoms with Gasteiger partial charge in [0, 0.05) is 22.9 Å². The van der Waals surface area contributed by atoms with E-state index in [0.29, 0.717) is 4.88 Å². The Morgan fingerprint density at radius 2 is 1.95 bits per heavy atom. The molecule has 0 aromatic carbocycles. The van der Waals surface area contributed by atoms with Gasteiger partial charge in [0.2, 0.25) is 0 Å². The van der Waals surface area contributed by atoms with Crippen molar-refractivity contribution in [3.8, 4) is 0 Å². The summed E-state index contributed by atoms with van der Waals surface area (Å²) in [5, 5.41) is 15.0. The molecule has 0 saturated heterocycles. The smallest absolute Gasteiger partial charge is 0.545 e. The highest BCUT2D eigenvalue weighted by Crippen LogP contribution is 2.37. The van der Waals surface area contributed by atoms with Crippen LogP contribution in [-0.4, -0.2) is 18.3 Å². The van der Waals surface area contributed by atoms with Gasteiger partial charge in [0.15, 0.2) is 0 Å². The number of ether oxygens (including phenoxy) is 1. The molecule has 1 aliphatic heterocycles. The van der Waals surface area contributed by atoms with Crippen LogP contribution in [0.1, 0.15) is 10.8 Å². The summed E-state index contributed by atoms with van der Waals surface area (Å²) in [7, 11) is 0. The number of dihydropyridines is 1. The summed E-state index contributed by atoms with van der Waals surface area (Å²) in [4.78, 5) is 23.1. The summed E-state index contributed by atoms with van der Waals surface area (Å²) in [6.07, 6.45) is -3.12. The highest BCUT2D eigenvalue weighted by molar-refractivity contribution is 7.10. The molecule has 2 rings (SSSR count). The zero-order valence-electron chi connectivity index (χ0n) is 10.1. The number of esters is 1. The summed E-state index contributed by atoms with van der Waals surface area (Å²) in [6, 6.07) is 3.09. The lowest BCUT2D eigenvalue weighted by molar-refractivity contribution is -0.303. The fourth-order valence-corrected chi connectivity index (χ4v) is 2.70. The van der Waals surface area contributed by atoms with E-state index in [1.807, 2.05) is 0 Å². The first-order chi connectivity index (χ1) is 9.79. The molecule has 1 aromatic heterocycles. The molecular weight excluding hydrogens is 311 g/mol. The second-order valence-electron chi connectivity index (χ2n) is 3.94. The second kappa shape index (κ2) is 5.60. The molecule has 0 fully saturated rings. The van der Waals surface area contributed by atoms with Crippen molar-refractivity contribution < 1.29 is 32.6 Å². The quantitative estimate of drug-likeness (QED) is 0.842. The van der Waals surface area contributed by atoms with Gasteiger partial charge in [-0.05, 0) is 11.4 Å². The monoisotopic (exact) mass is 318 g/mol. The van der Waals surface area contributed by atoms with Crippen molar-refractivity contribution in [2.75, 3.05) is 0 Å². The summed E-state index contributed by atoms with van der Waals surface area (Å²) in [6.45, 7) is 0. The Balaban J connectivity index is 2.37. The van der Waals surface area contributed by atoms with Crippen LogP contribution in [0.3, 0.4) is 0 Å². The molecule has 112 valence electrons. The van der Waals surface area contributed by atoms with Gasteiger partial charge in [-0.1, -0.05) is 6.07 Å². The molecular formula is C12H7F3NO4S-. The van der Waals surface area contributed by atoms with Crippen LogP contribution in [-0.2, 0) is 14.3 Å². The maximum atomic E-state index is 12.2. The van der Waals surface area contributed by atoms with E-state index in [1.165, 1.54) is 6.07 Å². The molecule has 2 heterocycles. The molecule has 1 unspecified atom stereocenters. The normalized spacial score (nSPS) is 18.3. The molecule has 21 heavy (non-hydrogen) atoms. The zero-order valence-corrected chi connectivity index (χ0v) is 11.0. The van der Waals surface area contributed by atoms with Gasteiger partial charge in [-0.25, -0.2) is 4.79 Å². The second-order valence-corrected chi connectivity index (χ2v) is 4.92. The molecule has 1 atom stereocenters. The summed E-state index contributed by atoms with van der Waals surface area (Å²) in [5.41, 5.74) is -0.814. The minimum atomic E-state index is -5.15. The number of hydrogen-bond donors (Lipinski definition) is 1. The number of rotatable bonds is 3. The van der Waals surface area contributed by atoms with Crippen molar-refractivity contribution in [3.05, 3.63) is 45.9 Å². The molecule has 0 bridgehead atoms. The Morgan fingerprint density at radius 3 is 2.48 bits per heavy atom. The number of carbonyl (C=O) groups excluding carboxylic acids is 2. The number of halogens is 3. The van der Waals surface area contributed by atoms with Crippen molar-refractivity contribution in [1.82, 2.24) is 5.32 Å². The van der Waals surface area contributed by atoms with Crippen LogP contribution in [0.4, 0.5) is 13.2 Å². The summed E-state index contributed by atoms with van der Waals surface area (Å²) in [5.74, 6) is -4.43. The van der Waals surface area contributed by atoms with Gasteiger partial charge >= 0.3 is 12.3 Å². The molecule has 0 saturated carbocycles. The number of carbonyl (C=O) groups is 2. The number of aliphatic carboxylic acids is 1. The largest absolute Gasteiger partial charge is 0.575 e. The van der Waals surface area contributed by atoms with E-state index in [2.05, 4.69) is 10.1 Å². The number of nitrogens with one attached hydrogen (secondary N) is 1. The number of thiophene rings is 1. The molecule has 0 amide bonds. The predicted octanol–water partition coefficient (Wildman–Crippen LogP) is 1.02. The van der Waals surface area contributed by atoms with Gasteiger partial charge < -0.3 is 20.0 Å². The first-order valence-corrected chi connectivity index (χ1v) is 6.38. The van der Waals surface area contributed by atoms with Crippen LogP contribution in [0.5, 0.6) is 0 Å². The maximum absolute atomic E-state index is 12.2. The van der Waals surface area contributed by atoms with Crippen LogP contribution in [0.15, 0.2) is 41.1 Å². The average molecular weight is 318 g/mol. The van der Waals surface area contributed by atoms with Crippen LogP contribution < -0.4 is 10.4 Å². The minimum Gasteiger partial charge on any atom is -0.545 e. The van der Waals surface area contributed by atoms with E-state index in [1.54, 1.807) is 11.4 Å². The van der Waals surface area contributed by atoms with E-state index in [-0.39, 0.29) is 5.57 Å². The molecule has 0 radical (unpaired) electrons. The lowest BCUT2D eigenvalue weighted by Gasteiger charge is -2.25. The van der Waals surface area contributed by atoms with Crippen LogP contribution >= 0.6 is 11.3 Å². The van der Waals surface area contributed by atoms with Crippen molar-refractivity contribution in [1.29, 1.82) is 0 Å². The van der Waals surface area contributed by atoms with Gasteiger partial charge in [0.25, 0.3) is 0 Å². The third-order valence-corrected chi connectivity index (χ3v) is 3.54. The van der Waals surface area contributed by atoms with Gasteiger partial charge in [-0.3, -0.25) is 0 Å². The van der Waals surface area contributed by atoms with Crippen molar-refractivity contribution in [2.24, 2.45) is 0 Å². The molecule has 1 aliphatic rings. The SMILES string of the molecule is O=C([O-])C1=CNC=C(C(=O)OC(F)(F)F)C1c1cccs1. The summed E-state index contributed by atoms with van der Waals surface area (Å²) >= 11 is 1.10. The van der Waals surface area contributed by atoms with Gasteiger partial charge in [-0.15, -0.1) is 24.5 Å². The average Bonchev–Trinajstić information content (AvgIpc) is 2.89. The Kier molecular flexibility index (Phi) is 4.03. The Labute approximate surface area is 120 Å². The number of carboxylic acid groups (broad SMARTS) is 1. The fourth-order valence-electron chi connectivity index (χ4n) is 1.84. The van der Waals surface area contributed by atoms with Crippen molar-refractivity contribution >= 4 is 23.3 Å². The van der Waals surface area contributed by atoms with E-state index in [4.69, 9.17) is 0 Å². The maximum Gasteiger partial charge on any atom is 0.575 e. The van der Waals surface area contributed by atoms with E-state index in [9.17, 15) is 27.9 Å². The number of carboxylic acids is 1. The topological polar surface area (TPSA) is 78.5 Å². The lowest BCUT2D eigenvalue weighted by Crippen LogP contribution is -2.34. The standard InChI is InChI=1S/C12H8F3NO4S/c13-12(14,15)20-11(19)7-5-16-4-6(10(17)18)9(7)8-2-1-3-21-8/h1-5,9,16H,(H,17,18)/p-1. The molecule has 0 aliphatic carbocycles. The molecule has 5 nitrogen and oxygen atoms in total. The van der Waals surface area contributed by atoms with Crippen molar-refractivity contribution in [2.45, 2.75) is 12.3 Å². The number of alkyl halides is 3. The van der Waals surface area contributed by atoms with Gasteiger partial charge in [0.05, 0.1) is 17.5 Å². The third-order valence-electron chi connectivity index (χ3n) is 2.61. The summed E-state index contributed by atoms with van der Waals surface area (Å²) < 4.78 is 39.8. The van der Waals surface area contributed by atoms with Crippen LogP contribution in [0.2, 0.25) is 0 Å². The first kappa shape index (κ1) is 15.1. The third kappa shape index (κ3) is 3.43. The first-order valence-electron chi connectivity index (χ1n) is 5.50. The van der Waals surface area contributed by atoms with Crippen LogP contribution in [0, 0.1) is 0 Å². The van der Waals surface area contributed by atoms with Crippen LogP contribution in [0.25, 0.3) is 0 Å². The Bertz CT molecular complexity index is 619. The Morgan fingerprint density at radius 1 is 1.29 bits per heavy atom. The highest BCUT2D eigenvalue weighted by atomic mass is 32.1.